The molecule has 1 unspecified atom stereocenters. The first-order valence-electron chi connectivity index (χ1n) is 9.57. The van der Waals surface area contributed by atoms with Crippen molar-refractivity contribution in [3.05, 3.63) is 71.1 Å². The number of benzene rings is 2. The van der Waals surface area contributed by atoms with Gasteiger partial charge < -0.3 is 4.42 Å². The number of piperidine rings is 1. The topological polar surface area (TPSA) is 42.2 Å². The lowest BCUT2D eigenvalue weighted by atomic mass is 9.76. The maximum Gasteiger partial charge on any atom is 0.247 e. The van der Waals surface area contributed by atoms with Crippen LogP contribution in [0.25, 0.3) is 11.5 Å². The Morgan fingerprint density at radius 3 is 2.56 bits per heavy atom. The molecule has 0 saturated carbocycles. The minimum atomic E-state index is 0.208. The largest absolute Gasteiger partial charge is 0.420 e. The molecule has 2 saturated heterocycles. The molecular weight excluding hydrogens is 358 g/mol. The summed E-state index contributed by atoms with van der Waals surface area (Å²) < 4.78 is 6.21. The monoisotopic (exact) mass is 379 g/mol. The Hall–Kier alpha value is -2.17. The number of aromatic nitrogens is 2. The van der Waals surface area contributed by atoms with Gasteiger partial charge in [-0.1, -0.05) is 41.9 Å². The zero-order chi connectivity index (χ0) is 18.4. The minimum Gasteiger partial charge on any atom is -0.420 e. The van der Waals surface area contributed by atoms with E-state index in [4.69, 9.17) is 16.0 Å². The molecule has 5 heteroatoms. The minimum absolute atomic E-state index is 0.208. The van der Waals surface area contributed by atoms with Crippen LogP contribution in [-0.2, 0) is 0 Å². The molecule has 0 radical (unpaired) electrons. The third-order valence-corrected chi connectivity index (χ3v) is 6.57. The number of likely N-dealkylation sites (N-methyl/N-ethyl adjacent to an activating group) is 1. The summed E-state index contributed by atoms with van der Waals surface area (Å²) in [6.45, 7) is 0. The first-order valence-corrected chi connectivity index (χ1v) is 9.95. The van der Waals surface area contributed by atoms with Gasteiger partial charge >= 0.3 is 0 Å². The SMILES string of the molecule is CN1C2CC[C@@H]1C[C@H](c1ccc(Cl)cc1)[C@H]2c1nnc(-c2ccccc2)o1. The van der Waals surface area contributed by atoms with Crippen LogP contribution in [0.5, 0.6) is 0 Å². The van der Waals surface area contributed by atoms with Crippen molar-refractivity contribution in [3.8, 4) is 11.5 Å². The molecular formula is C22H22ClN3O. The van der Waals surface area contributed by atoms with Crippen LogP contribution in [0, 0.1) is 0 Å². The lowest BCUT2D eigenvalue weighted by molar-refractivity contribution is 0.124. The Balaban J connectivity index is 1.54. The predicted molar refractivity (Wildman–Crippen MR) is 106 cm³/mol. The van der Waals surface area contributed by atoms with Crippen molar-refractivity contribution in [1.29, 1.82) is 0 Å². The van der Waals surface area contributed by atoms with Gasteiger partial charge in [0.15, 0.2) is 0 Å². The highest BCUT2D eigenvalue weighted by molar-refractivity contribution is 6.30. The van der Waals surface area contributed by atoms with E-state index in [9.17, 15) is 0 Å². The van der Waals surface area contributed by atoms with Crippen LogP contribution in [-0.4, -0.2) is 34.2 Å². The zero-order valence-corrected chi connectivity index (χ0v) is 16.0. The van der Waals surface area contributed by atoms with Gasteiger partial charge in [0.1, 0.15) is 0 Å². The molecule has 2 aliphatic rings. The highest BCUT2D eigenvalue weighted by Gasteiger charge is 2.48. The van der Waals surface area contributed by atoms with Crippen molar-refractivity contribution in [3.63, 3.8) is 0 Å². The Labute approximate surface area is 164 Å². The first-order chi connectivity index (χ1) is 13.2. The van der Waals surface area contributed by atoms with E-state index < -0.39 is 0 Å². The fraction of sp³-hybridized carbons (Fsp3) is 0.364. The molecule has 0 amide bonds. The maximum absolute atomic E-state index is 6.21. The van der Waals surface area contributed by atoms with Crippen molar-refractivity contribution in [2.45, 2.75) is 43.2 Å². The Kier molecular flexibility index (Phi) is 4.25. The second-order valence-corrected chi connectivity index (χ2v) is 8.13. The third kappa shape index (κ3) is 2.97. The molecule has 3 heterocycles. The number of fused-ring (bicyclic) bond motifs is 2. The number of halogens is 1. The predicted octanol–water partition coefficient (Wildman–Crippen LogP) is 5.12. The summed E-state index contributed by atoms with van der Waals surface area (Å²) in [5.41, 5.74) is 2.28. The molecule has 2 bridgehead atoms. The van der Waals surface area contributed by atoms with Gasteiger partial charge in [0.05, 0.1) is 5.92 Å². The lowest BCUT2D eigenvalue weighted by Crippen LogP contribution is -2.44. The van der Waals surface area contributed by atoms with Crippen LogP contribution in [0.3, 0.4) is 0 Å². The summed E-state index contributed by atoms with van der Waals surface area (Å²) in [7, 11) is 2.24. The van der Waals surface area contributed by atoms with E-state index >= 15 is 0 Å². The highest BCUT2D eigenvalue weighted by atomic mass is 35.5. The van der Waals surface area contributed by atoms with Crippen LogP contribution in [0.15, 0.2) is 59.0 Å². The molecule has 27 heavy (non-hydrogen) atoms. The normalized spacial score (nSPS) is 27.8. The summed E-state index contributed by atoms with van der Waals surface area (Å²) in [6, 6.07) is 19.3. The van der Waals surface area contributed by atoms with Crippen molar-refractivity contribution in [2.75, 3.05) is 7.05 Å². The second-order valence-electron chi connectivity index (χ2n) is 7.69. The molecule has 138 valence electrons. The number of rotatable bonds is 3. The van der Waals surface area contributed by atoms with Crippen LogP contribution >= 0.6 is 11.6 Å². The summed E-state index contributed by atoms with van der Waals surface area (Å²) in [6.07, 6.45) is 3.53. The Morgan fingerprint density at radius 1 is 1.00 bits per heavy atom. The van der Waals surface area contributed by atoms with Crippen LogP contribution in [0.1, 0.15) is 42.6 Å². The summed E-state index contributed by atoms with van der Waals surface area (Å²) in [4.78, 5) is 2.52. The smallest absolute Gasteiger partial charge is 0.247 e. The first kappa shape index (κ1) is 17.0. The molecule has 1 aromatic heterocycles. The molecule has 0 spiro atoms. The van der Waals surface area contributed by atoms with E-state index in [0.717, 1.165) is 22.9 Å². The average molecular weight is 380 g/mol. The molecule has 5 rings (SSSR count). The van der Waals surface area contributed by atoms with Crippen LogP contribution in [0.2, 0.25) is 5.02 Å². The van der Waals surface area contributed by atoms with Crippen LogP contribution in [0.4, 0.5) is 0 Å². The zero-order valence-electron chi connectivity index (χ0n) is 15.3. The van der Waals surface area contributed by atoms with Gasteiger partial charge in [-0.3, -0.25) is 4.90 Å². The number of hydrogen-bond donors (Lipinski definition) is 0. The van der Waals surface area contributed by atoms with Crippen molar-refractivity contribution in [1.82, 2.24) is 15.1 Å². The molecule has 4 nitrogen and oxygen atoms in total. The van der Waals surface area contributed by atoms with Gasteiger partial charge in [-0.2, -0.15) is 0 Å². The average Bonchev–Trinajstić information content (AvgIpc) is 3.26. The van der Waals surface area contributed by atoms with Crippen LogP contribution < -0.4 is 0 Å². The quantitative estimate of drug-likeness (QED) is 0.633. The van der Waals surface area contributed by atoms with Gasteiger partial charge in [0, 0.05) is 22.7 Å². The summed E-state index contributed by atoms with van der Waals surface area (Å²) in [5.74, 6) is 1.94. The van der Waals surface area contributed by atoms with E-state index in [1.54, 1.807) is 0 Å². The molecule has 0 aliphatic carbocycles. The van der Waals surface area contributed by atoms with E-state index in [-0.39, 0.29) is 5.92 Å². The summed E-state index contributed by atoms with van der Waals surface area (Å²) >= 11 is 6.12. The molecule has 2 aromatic carbocycles. The van der Waals surface area contributed by atoms with E-state index in [1.165, 1.54) is 18.4 Å². The molecule has 3 aromatic rings. The van der Waals surface area contributed by atoms with Gasteiger partial charge in [-0.05, 0) is 62.1 Å². The molecule has 4 atom stereocenters. The van der Waals surface area contributed by atoms with Gasteiger partial charge in [-0.25, -0.2) is 0 Å². The summed E-state index contributed by atoms with van der Waals surface area (Å²) in [5, 5.41) is 9.62. The third-order valence-electron chi connectivity index (χ3n) is 6.31. The van der Waals surface area contributed by atoms with Gasteiger partial charge in [0.25, 0.3) is 0 Å². The number of hydrogen-bond acceptors (Lipinski definition) is 4. The fourth-order valence-corrected chi connectivity index (χ4v) is 5.05. The van der Waals surface area contributed by atoms with E-state index in [0.29, 0.717) is 23.9 Å². The van der Waals surface area contributed by atoms with E-state index in [2.05, 4.69) is 34.3 Å². The van der Waals surface area contributed by atoms with Gasteiger partial charge in [0.2, 0.25) is 11.8 Å². The second kappa shape index (κ2) is 6.77. The van der Waals surface area contributed by atoms with Crippen molar-refractivity contribution < 1.29 is 4.42 Å². The molecule has 2 aliphatic heterocycles. The molecule has 0 N–H and O–H groups in total. The maximum atomic E-state index is 6.21. The van der Waals surface area contributed by atoms with Gasteiger partial charge in [-0.15, -0.1) is 10.2 Å². The van der Waals surface area contributed by atoms with Crippen molar-refractivity contribution >= 4 is 11.6 Å². The Bertz CT molecular complexity index is 924. The number of nitrogens with zero attached hydrogens (tertiary/aromatic N) is 3. The Morgan fingerprint density at radius 2 is 1.78 bits per heavy atom. The highest BCUT2D eigenvalue weighted by Crippen LogP contribution is 2.50. The van der Waals surface area contributed by atoms with Crippen molar-refractivity contribution in [2.24, 2.45) is 0 Å². The lowest BCUT2D eigenvalue weighted by Gasteiger charge is -2.41. The standard InChI is InChI=1S/C22H22ClN3O/c1-26-17-11-12-19(26)20(18(13-17)14-7-9-16(23)10-8-14)22-25-24-21(27-22)15-5-3-2-4-6-15/h2-10,17-20H,11-13H2,1H3/t17-,18-,19?,20-/m1/s1. The van der Waals surface area contributed by atoms with E-state index in [1.807, 2.05) is 42.5 Å². The fourth-order valence-electron chi connectivity index (χ4n) is 4.92. The molecule has 2 fully saturated rings.